The zero-order chi connectivity index (χ0) is 16.2. The fourth-order valence-electron chi connectivity index (χ4n) is 2.23. The molecule has 0 aliphatic rings. The molecular formula is C15H23Cl2N3O. The van der Waals surface area contributed by atoms with Crippen LogP contribution < -0.4 is 11.1 Å². The van der Waals surface area contributed by atoms with E-state index in [2.05, 4.69) is 37.9 Å². The van der Waals surface area contributed by atoms with Gasteiger partial charge >= 0.3 is 0 Å². The molecule has 1 aromatic carbocycles. The Morgan fingerprint density at radius 1 is 1.19 bits per heavy atom. The molecule has 0 bridgehead atoms. The number of carbonyl (C=O) groups excluding carboxylic acids is 1. The Morgan fingerprint density at radius 2 is 1.67 bits per heavy atom. The van der Waals surface area contributed by atoms with Crippen LogP contribution in [0.25, 0.3) is 0 Å². The first-order valence-electron chi connectivity index (χ1n) is 7.02. The molecule has 0 aromatic heterocycles. The fraction of sp³-hybridized carbons (Fsp3) is 0.533. The maximum atomic E-state index is 12.1. The summed E-state index contributed by atoms with van der Waals surface area (Å²) in [6, 6.07) is 3.92. The topological polar surface area (TPSA) is 58.4 Å². The Balaban J connectivity index is 2.62. The summed E-state index contributed by atoms with van der Waals surface area (Å²) >= 11 is 11.9. The van der Waals surface area contributed by atoms with E-state index in [-0.39, 0.29) is 5.91 Å². The van der Waals surface area contributed by atoms with Crippen molar-refractivity contribution in [1.82, 2.24) is 10.2 Å². The molecule has 4 nitrogen and oxygen atoms in total. The van der Waals surface area contributed by atoms with Gasteiger partial charge in [0.2, 0.25) is 0 Å². The van der Waals surface area contributed by atoms with Crippen LogP contribution in [-0.4, -0.2) is 36.0 Å². The van der Waals surface area contributed by atoms with E-state index in [1.54, 1.807) is 0 Å². The van der Waals surface area contributed by atoms with Crippen LogP contribution >= 0.6 is 23.2 Å². The normalized spacial score (nSPS) is 11.5. The average molecular weight is 332 g/mol. The number of nitrogens with two attached hydrogens (primary N) is 1. The molecule has 0 radical (unpaired) electrons. The van der Waals surface area contributed by atoms with Crippen LogP contribution in [0.5, 0.6) is 0 Å². The number of hydrogen-bond acceptors (Lipinski definition) is 3. The van der Waals surface area contributed by atoms with Gasteiger partial charge in [-0.25, -0.2) is 0 Å². The van der Waals surface area contributed by atoms with Gasteiger partial charge in [0.1, 0.15) is 0 Å². The molecule has 3 N–H and O–H groups in total. The summed E-state index contributed by atoms with van der Waals surface area (Å²) in [7, 11) is 0. The average Bonchev–Trinajstić information content (AvgIpc) is 2.39. The number of nitrogens with zero attached hydrogens (tertiary/aromatic N) is 1. The third kappa shape index (κ3) is 5.06. The molecule has 0 saturated heterocycles. The van der Waals surface area contributed by atoms with Crippen LogP contribution in [0.15, 0.2) is 12.1 Å². The van der Waals surface area contributed by atoms with Gasteiger partial charge in [0.25, 0.3) is 5.91 Å². The van der Waals surface area contributed by atoms with Gasteiger partial charge in [-0.3, -0.25) is 9.69 Å². The summed E-state index contributed by atoms with van der Waals surface area (Å²) in [5.41, 5.74) is 6.36. The number of anilines is 1. The Morgan fingerprint density at radius 3 is 2.10 bits per heavy atom. The Kier molecular flexibility index (Phi) is 6.78. The van der Waals surface area contributed by atoms with E-state index in [4.69, 9.17) is 28.9 Å². The first-order valence-corrected chi connectivity index (χ1v) is 7.78. The molecule has 0 atom stereocenters. The smallest absolute Gasteiger partial charge is 0.251 e. The van der Waals surface area contributed by atoms with Crippen LogP contribution in [0.3, 0.4) is 0 Å². The summed E-state index contributed by atoms with van der Waals surface area (Å²) in [4.78, 5) is 14.4. The van der Waals surface area contributed by atoms with Gasteiger partial charge in [0.15, 0.2) is 0 Å². The predicted molar refractivity (Wildman–Crippen MR) is 90.2 cm³/mol. The Hall–Kier alpha value is -0.970. The largest absolute Gasteiger partial charge is 0.396 e. The lowest BCUT2D eigenvalue weighted by molar-refractivity contribution is 0.0939. The lowest BCUT2D eigenvalue weighted by atomic mass is 10.2. The Labute approximate surface area is 136 Å². The lowest BCUT2D eigenvalue weighted by Gasteiger charge is -2.30. The van der Waals surface area contributed by atoms with E-state index in [1.807, 2.05) is 0 Å². The second-order valence-corrected chi connectivity index (χ2v) is 6.35. The van der Waals surface area contributed by atoms with Crippen LogP contribution in [0.1, 0.15) is 38.1 Å². The first-order chi connectivity index (χ1) is 9.73. The number of nitrogen functional groups attached to an aromatic ring is 1. The Bertz CT molecular complexity index is 473. The number of halogens is 2. The maximum Gasteiger partial charge on any atom is 0.251 e. The molecule has 1 amide bonds. The third-order valence-electron chi connectivity index (χ3n) is 3.32. The first kappa shape index (κ1) is 18.1. The molecule has 118 valence electrons. The van der Waals surface area contributed by atoms with E-state index in [0.29, 0.717) is 39.9 Å². The highest BCUT2D eigenvalue weighted by molar-refractivity contribution is 6.39. The van der Waals surface area contributed by atoms with Crippen molar-refractivity contribution in [2.24, 2.45) is 0 Å². The molecule has 0 aliphatic carbocycles. The molecule has 21 heavy (non-hydrogen) atoms. The van der Waals surface area contributed by atoms with E-state index < -0.39 is 0 Å². The maximum absolute atomic E-state index is 12.1. The minimum atomic E-state index is -0.203. The predicted octanol–water partition coefficient (Wildman–Crippen LogP) is 3.42. The highest BCUT2D eigenvalue weighted by atomic mass is 35.5. The van der Waals surface area contributed by atoms with E-state index in [9.17, 15) is 4.79 Å². The van der Waals surface area contributed by atoms with Crippen molar-refractivity contribution in [2.75, 3.05) is 18.8 Å². The van der Waals surface area contributed by atoms with E-state index >= 15 is 0 Å². The van der Waals surface area contributed by atoms with Gasteiger partial charge in [-0.15, -0.1) is 0 Å². The number of carbonyl (C=O) groups is 1. The number of hydrogen-bond donors (Lipinski definition) is 2. The highest BCUT2D eigenvalue weighted by Gasteiger charge is 2.14. The molecule has 0 saturated carbocycles. The lowest BCUT2D eigenvalue weighted by Crippen LogP contribution is -2.42. The number of rotatable bonds is 6. The van der Waals surface area contributed by atoms with Crippen LogP contribution in [-0.2, 0) is 0 Å². The molecular weight excluding hydrogens is 309 g/mol. The highest BCUT2D eigenvalue weighted by Crippen LogP contribution is 2.28. The van der Waals surface area contributed by atoms with Crippen LogP contribution in [0.4, 0.5) is 5.69 Å². The second-order valence-electron chi connectivity index (χ2n) is 5.53. The molecule has 1 rings (SSSR count). The van der Waals surface area contributed by atoms with Gasteiger partial charge in [0, 0.05) is 30.7 Å². The summed E-state index contributed by atoms with van der Waals surface area (Å²) in [5, 5.41) is 3.46. The summed E-state index contributed by atoms with van der Waals surface area (Å²) in [6.07, 6.45) is 0. The standard InChI is InChI=1S/C15H23Cl2N3O/c1-9(2)20(10(3)4)6-5-19-15(21)11-7-12(16)14(18)13(17)8-11/h7-10H,5-6,18H2,1-4H3,(H,19,21). The van der Waals surface area contributed by atoms with Gasteiger partial charge < -0.3 is 11.1 Å². The van der Waals surface area contributed by atoms with Crippen LogP contribution in [0.2, 0.25) is 10.0 Å². The van der Waals surface area contributed by atoms with Gasteiger partial charge in [-0.05, 0) is 39.8 Å². The molecule has 0 fully saturated rings. The third-order valence-corrected chi connectivity index (χ3v) is 3.95. The van der Waals surface area contributed by atoms with Gasteiger partial charge in [-0.2, -0.15) is 0 Å². The number of benzene rings is 1. The second kappa shape index (κ2) is 7.87. The SMILES string of the molecule is CC(C)N(CCNC(=O)c1cc(Cl)c(N)c(Cl)c1)C(C)C. The zero-order valence-electron chi connectivity index (χ0n) is 12.9. The molecule has 0 spiro atoms. The summed E-state index contributed by atoms with van der Waals surface area (Å²) in [5.74, 6) is -0.203. The van der Waals surface area contributed by atoms with E-state index in [0.717, 1.165) is 6.54 Å². The molecule has 6 heteroatoms. The quantitative estimate of drug-likeness (QED) is 0.785. The van der Waals surface area contributed by atoms with Crippen LogP contribution in [0, 0.1) is 0 Å². The van der Waals surface area contributed by atoms with Crippen molar-refractivity contribution in [3.63, 3.8) is 0 Å². The molecule has 0 unspecified atom stereocenters. The zero-order valence-corrected chi connectivity index (χ0v) is 14.4. The number of amides is 1. The molecule has 0 aliphatic heterocycles. The number of nitrogens with one attached hydrogen (secondary N) is 1. The fourth-order valence-corrected chi connectivity index (χ4v) is 2.72. The van der Waals surface area contributed by atoms with Crippen molar-refractivity contribution in [3.05, 3.63) is 27.7 Å². The summed E-state index contributed by atoms with van der Waals surface area (Å²) in [6.45, 7) is 9.91. The van der Waals surface area contributed by atoms with Crippen molar-refractivity contribution in [1.29, 1.82) is 0 Å². The minimum Gasteiger partial charge on any atom is -0.396 e. The summed E-state index contributed by atoms with van der Waals surface area (Å²) < 4.78 is 0. The van der Waals surface area contributed by atoms with Crippen molar-refractivity contribution in [2.45, 2.75) is 39.8 Å². The van der Waals surface area contributed by atoms with Crippen molar-refractivity contribution >= 4 is 34.8 Å². The van der Waals surface area contributed by atoms with Crippen molar-refractivity contribution < 1.29 is 4.79 Å². The van der Waals surface area contributed by atoms with Gasteiger partial charge in [0.05, 0.1) is 15.7 Å². The van der Waals surface area contributed by atoms with E-state index in [1.165, 1.54) is 12.1 Å². The molecule has 0 heterocycles. The molecule has 1 aromatic rings. The van der Waals surface area contributed by atoms with Gasteiger partial charge in [-0.1, -0.05) is 23.2 Å². The van der Waals surface area contributed by atoms with Crippen molar-refractivity contribution in [3.8, 4) is 0 Å². The minimum absolute atomic E-state index is 0.203. The monoisotopic (exact) mass is 331 g/mol.